The van der Waals surface area contributed by atoms with E-state index in [9.17, 15) is 5.11 Å². The summed E-state index contributed by atoms with van der Waals surface area (Å²) in [7, 11) is 0. The first-order chi connectivity index (χ1) is 9.97. The maximum absolute atomic E-state index is 9.85. The van der Waals surface area contributed by atoms with Crippen LogP contribution in [0.3, 0.4) is 0 Å². The van der Waals surface area contributed by atoms with Crippen LogP contribution in [0.5, 0.6) is 5.75 Å². The van der Waals surface area contributed by atoms with Crippen LogP contribution in [0.2, 0.25) is 10.0 Å². The zero-order valence-corrected chi connectivity index (χ0v) is 13.0. The number of hydrogen-bond donors (Lipinski definition) is 2. The number of hydrazone groups is 1. The lowest BCUT2D eigenvalue weighted by molar-refractivity contribution is 0.380. The van der Waals surface area contributed by atoms with E-state index in [1.54, 1.807) is 18.4 Å². The highest BCUT2D eigenvalue weighted by Gasteiger charge is 2.09. The number of hydrogen-bond acceptors (Lipinski definition) is 4. The third-order valence-corrected chi connectivity index (χ3v) is 3.25. The quantitative estimate of drug-likeness (QED) is 0.505. The fourth-order valence-corrected chi connectivity index (χ4v) is 2.16. The molecule has 0 aliphatic rings. The Morgan fingerprint density at radius 3 is 2.86 bits per heavy atom. The molecule has 3 N–H and O–H groups in total. The first-order valence-electron chi connectivity index (χ1n) is 5.78. The summed E-state index contributed by atoms with van der Waals surface area (Å²) in [5, 5.41) is 15.9. The van der Waals surface area contributed by atoms with Crippen molar-refractivity contribution in [3.8, 4) is 5.75 Å². The van der Waals surface area contributed by atoms with Gasteiger partial charge in [-0.1, -0.05) is 23.2 Å². The van der Waals surface area contributed by atoms with Crippen molar-refractivity contribution in [1.82, 2.24) is 5.01 Å². The standard InChI is InChI=1S/C13H11Cl2N3O2S/c14-9-4-8(12(19)11(15)5-9)6-17-18(13(16)21)7-10-2-1-3-20-10/h1-6,19H,7H2,(H2,16,21)/b17-6+. The Kier molecular flexibility index (Phi) is 5.06. The zero-order chi connectivity index (χ0) is 15.4. The van der Waals surface area contributed by atoms with Crippen LogP contribution >= 0.6 is 35.4 Å². The number of rotatable bonds is 4. The molecule has 0 amide bonds. The molecule has 2 rings (SSSR count). The molecule has 0 bridgehead atoms. The average molecular weight is 344 g/mol. The molecule has 8 heteroatoms. The van der Waals surface area contributed by atoms with Gasteiger partial charge in [0.1, 0.15) is 18.1 Å². The number of benzene rings is 1. The molecule has 2 aromatic rings. The van der Waals surface area contributed by atoms with Gasteiger partial charge in [-0.15, -0.1) is 0 Å². The van der Waals surface area contributed by atoms with Crippen LogP contribution in [0.1, 0.15) is 11.3 Å². The number of nitrogens with two attached hydrogens (primary N) is 1. The Morgan fingerprint density at radius 1 is 1.48 bits per heavy atom. The summed E-state index contributed by atoms with van der Waals surface area (Å²) in [6.45, 7) is 0.272. The SMILES string of the molecule is NC(=S)N(Cc1ccco1)/N=C/c1cc(Cl)cc(Cl)c1O. The van der Waals surface area contributed by atoms with Crippen LogP contribution in [0.15, 0.2) is 40.0 Å². The molecule has 0 saturated heterocycles. The van der Waals surface area contributed by atoms with Crippen molar-refractivity contribution in [2.45, 2.75) is 6.54 Å². The zero-order valence-electron chi connectivity index (χ0n) is 10.7. The minimum Gasteiger partial charge on any atom is -0.506 e. The normalized spacial score (nSPS) is 11.0. The van der Waals surface area contributed by atoms with Gasteiger partial charge in [-0.05, 0) is 36.5 Å². The number of aromatic hydroxyl groups is 1. The third kappa shape index (κ3) is 4.10. The predicted molar refractivity (Wildman–Crippen MR) is 86.8 cm³/mol. The summed E-state index contributed by atoms with van der Waals surface area (Å²) in [6.07, 6.45) is 2.91. The number of thiocarbonyl (C=S) groups is 1. The second kappa shape index (κ2) is 6.80. The van der Waals surface area contributed by atoms with Crippen molar-refractivity contribution < 1.29 is 9.52 Å². The van der Waals surface area contributed by atoms with Crippen LogP contribution < -0.4 is 5.73 Å². The van der Waals surface area contributed by atoms with Crippen LogP contribution in [0.4, 0.5) is 0 Å². The Hall–Kier alpha value is -1.76. The molecule has 5 nitrogen and oxygen atoms in total. The van der Waals surface area contributed by atoms with Gasteiger partial charge in [0, 0.05) is 10.6 Å². The third-order valence-electron chi connectivity index (χ3n) is 2.53. The number of phenols is 1. The molecule has 1 aromatic carbocycles. The number of furan rings is 1. The van der Waals surface area contributed by atoms with Gasteiger partial charge < -0.3 is 15.3 Å². The molecule has 0 aliphatic heterocycles. The van der Waals surface area contributed by atoms with E-state index in [4.69, 9.17) is 45.6 Å². The summed E-state index contributed by atoms with van der Waals surface area (Å²) in [5.41, 5.74) is 5.96. The van der Waals surface area contributed by atoms with E-state index in [1.807, 2.05) is 0 Å². The van der Waals surface area contributed by atoms with E-state index in [2.05, 4.69) is 5.10 Å². The Labute approximate surface area is 136 Å². The molecule has 0 spiro atoms. The van der Waals surface area contributed by atoms with E-state index in [0.717, 1.165) is 0 Å². The van der Waals surface area contributed by atoms with Crippen molar-refractivity contribution in [2.24, 2.45) is 10.8 Å². The van der Waals surface area contributed by atoms with Crippen molar-refractivity contribution in [3.63, 3.8) is 0 Å². The van der Waals surface area contributed by atoms with E-state index in [-0.39, 0.29) is 22.4 Å². The maximum atomic E-state index is 9.85. The van der Waals surface area contributed by atoms with Crippen LogP contribution in [0.25, 0.3) is 0 Å². The fourth-order valence-electron chi connectivity index (χ4n) is 1.54. The Morgan fingerprint density at radius 2 is 2.24 bits per heavy atom. The van der Waals surface area contributed by atoms with Crippen molar-refractivity contribution in [1.29, 1.82) is 0 Å². The monoisotopic (exact) mass is 343 g/mol. The minimum absolute atomic E-state index is 0.0651. The molecular formula is C13H11Cl2N3O2S. The first-order valence-corrected chi connectivity index (χ1v) is 6.95. The van der Waals surface area contributed by atoms with E-state index >= 15 is 0 Å². The molecule has 0 aliphatic carbocycles. The van der Waals surface area contributed by atoms with Gasteiger partial charge in [0.25, 0.3) is 0 Å². The fraction of sp³-hybridized carbons (Fsp3) is 0.0769. The molecule has 0 fully saturated rings. The predicted octanol–water partition coefficient (Wildman–Crippen LogP) is 3.37. The van der Waals surface area contributed by atoms with Gasteiger partial charge in [-0.3, -0.25) is 0 Å². The Balaban J connectivity index is 2.22. The van der Waals surface area contributed by atoms with Crippen molar-refractivity contribution >= 4 is 46.7 Å². The molecule has 0 radical (unpaired) electrons. The van der Waals surface area contributed by atoms with E-state index < -0.39 is 0 Å². The van der Waals surface area contributed by atoms with E-state index in [1.165, 1.54) is 23.4 Å². The van der Waals surface area contributed by atoms with Gasteiger partial charge in [-0.2, -0.15) is 5.10 Å². The second-order valence-corrected chi connectivity index (χ2v) is 5.31. The molecular weight excluding hydrogens is 333 g/mol. The summed E-state index contributed by atoms with van der Waals surface area (Å²) in [4.78, 5) is 0. The van der Waals surface area contributed by atoms with Gasteiger partial charge in [0.2, 0.25) is 0 Å². The van der Waals surface area contributed by atoms with E-state index in [0.29, 0.717) is 16.3 Å². The molecule has 0 unspecified atom stereocenters. The average Bonchev–Trinajstić information content (AvgIpc) is 2.92. The maximum Gasteiger partial charge on any atom is 0.187 e. The second-order valence-electron chi connectivity index (χ2n) is 4.05. The number of nitrogens with zero attached hydrogens (tertiary/aromatic N) is 2. The van der Waals surface area contributed by atoms with Crippen LogP contribution in [-0.2, 0) is 6.54 Å². The lowest BCUT2D eigenvalue weighted by atomic mass is 10.2. The van der Waals surface area contributed by atoms with Gasteiger partial charge in [0.05, 0.1) is 17.5 Å². The summed E-state index contributed by atoms with van der Waals surface area (Å²) in [5.74, 6) is 0.527. The molecule has 21 heavy (non-hydrogen) atoms. The topological polar surface area (TPSA) is 75.0 Å². The number of halogens is 2. The highest BCUT2D eigenvalue weighted by molar-refractivity contribution is 7.80. The lowest BCUT2D eigenvalue weighted by Crippen LogP contribution is -2.30. The molecule has 110 valence electrons. The van der Waals surface area contributed by atoms with Crippen LogP contribution in [0, 0.1) is 0 Å². The lowest BCUT2D eigenvalue weighted by Gasteiger charge is -2.15. The molecule has 0 saturated carbocycles. The van der Waals surface area contributed by atoms with Crippen LogP contribution in [-0.4, -0.2) is 21.4 Å². The van der Waals surface area contributed by atoms with Gasteiger partial charge in [-0.25, -0.2) is 5.01 Å². The Bertz CT molecular complexity index is 674. The molecule has 1 aromatic heterocycles. The molecule has 1 heterocycles. The number of phenolic OH excluding ortho intramolecular Hbond substituents is 1. The largest absolute Gasteiger partial charge is 0.506 e. The highest BCUT2D eigenvalue weighted by atomic mass is 35.5. The smallest absolute Gasteiger partial charge is 0.187 e. The van der Waals surface area contributed by atoms with Crippen molar-refractivity contribution in [2.75, 3.05) is 0 Å². The molecule has 0 atom stereocenters. The first kappa shape index (κ1) is 15.6. The summed E-state index contributed by atoms with van der Waals surface area (Å²) < 4.78 is 5.21. The summed E-state index contributed by atoms with van der Waals surface area (Å²) in [6, 6.07) is 6.48. The van der Waals surface area contributed by atoms with Gasteiger partial charge >= 0.3 is 0 Å². The summed E-state index contributed by atoms with van der Waals surface area (Å²) >= 11 is 16.6. The van der Waals surface area contributed by atoms with Crippen molar-refractivity contribution in [3.05, 3.63) is 51.9 Å². The minimum atomic E-state index is -0.120. The highest BCUT2D eigenvalue weighted by Crippen LogP contribution is 2.30. The van der Waals surface area contributed by atoms with Gasteiger partial charge in [0.15, 0.2) is 5.11 Å².